The van der Waals surface area contributed by atoms with Gasteiger partial charge in [0.05, 0.1) is 32.1 Å². The summed E-state index contributed by atoms with van der Waals surface area (Å²) in [5, 5.41) is 6.38. The Morgan fingerprint density at radius 1 is 0.960 bits per heavy atom. The normalized spacial score (nSPS) is 10.2. The lowest BCUT2D eigenvalue weighted by Gasteiger charge is -2.12. The van der Waals surface area contributed by atoms with E-state index in [9.17, 15) is 0 Å². The van der Waals surface area contributed by atoms with Crippen LogP contribution in [0.25, 0.3) is 0 Å². The first kappa shape index (κ1) is 16.5. The standard InChI is InChI=1S/C18H19N5O2/c1-24-14-6-7-16(25-2)15(11-14)22-17-8-10-20-18(23-17)21-12-13-5-3-4-9-19-13/h3-11H,12H2,1-2H3,(H2,20,21,22,23). The SMILES string of the molecule is COc1ccc(OC)c(Nc2ccnc(NCc3ccccn3)n2)c1. The van der Waals surface area contributed by atoms with Crippen molar-refractivity contribution < 1.29 is 9.47 Å². The summed E-state index contributed by atoms with van der Waals surface area (Å²) in [5.41, 5.74) is 1.68. The van der Waals surface area contributed by atoms with Crippen molar-refractivity contribution in [3.63, 3.8) is 0 Å². The molecule has 0 aliphatic rings. The molecular formula is C18H19N5O2. The van der Waals surface area contributed by atoms with Crippen molar-refractivity contribution in [2.75, 3.05) is 24.9 Å². The van der Waals surface area contributed by atoms with E-state index in [2.05, 4.69) is 25.6 Å². The molecule has 0 saturated heterocycles. The molecule has 0 bridgehead atoms. The second-order valence-corrected chi connectivity index (χ2v) is 5.13. The predicted octanol–water partition coefficient (Wildman–Crippen LogP) is 3.24. The summed E-state index contributed by atoms with van der Waals surface area (Å²) in [7, 11) is 3.24. The van der Waals surface area contributed by atoms with Crippen molar-refractivity contribution in [1.82, 2.24) is 15.0 Å². The van der Waals surface area contributed by atoms with Crippen LogP contribution in [-0.2, 0) is 6.54 Å². The topological polar surface area (TPSA) is 81.2 Å². The number of aromatic nitrogens is 3. The van der Waals surface area contributed by atoms with Crippen LogP contribution in [0, 0.1) is 0 Å². The number of hydrogen-bond acceptors (Lipinski definition) is 7. The lowest BCUT2D eigenvalue weighted by atomic mass is 10.2. The third-order valence-electron chi connectivity index (χ3n) is 3.48. The highest BCUT2D eigenvalue weighted by molar-refractivity contribution is 5.66. The fourth-order valence-corrected chi connectivity index (χ4v) is 2.24. The van der Waals surface area contributed by atoms with E-state index in [0.717, 1.165) is 17.1 Å². The van der Waals surface area contributed by atoms with Gasteiger partial charge in [-0.25, -0.2) is 4.98 Å². The Morgan fingerprint density at radius 3 is 2.64 bits per heavy atom. The minimum absolute atomic E-state index is 0.512. The maximum Gasteiger partial charge on any atom is 0.224 e. The average Bonchev–Trinajstić information content (AvgIpc) is 2.67. The van der Waals surface area contributed by atoms with Crippen molar-refractivity contribution in [1.29, 1.82) is 0 Å². The number of hydrogen-bond donors (Lipinski definition) is 2. The van der Waals surface area contributed by atoms with E-state index in [-0.39, 0.29) is 0 Å². The highest BCUT2D eigenvalue weighted by Crippen LogP contribution is 2.31. The summed E-state index contributed by atoms with van der Waals surface area (Å²) in [6.45, 7) is 0.548. The van der Waals surface area contributed by atoms with Gasteiger partial charge < -0.3 is 20.1 Å². The maximum absolute atomic E-state index is 5.37. The number of anilines is 3. The largest absolute Gasteiger partial charge is 0.497 e. The van der Waals surface area contributed by atoms with Gasteiger partial charge in [-0.2, -0.15) is 4.98 Å². The molecule has 0 amide bonds. The van der Waals surface area contributed by atoms with Crippen LogP contribution >= 0.6 is 0 Å². The molecule has 0 aliphatic carbocycles. The van der Waals surface area contributed by atoms with Crippen molar-refractivity contribution >= 4 is 17.5 Å². The summed E-state index contributed by atoms with van der Waals surface area (Å²) >= 11 is 0. The zero-order valence-electron chi connectivity index (χ0n) is 14.1. The average molecular weight is 337 g/mol. The van der Waals surface area contributed by atoms with Crippen LogP contribution in [-0.4, -0.2) is 29.2 Å². The molecule has 25 heavy (non-hydrogen) atoms. The van der Waals surface area contributed by atoms with Crippen LogP contribution in [0.5, 0.6) is 11.5 Å². The maximum atomic E-state index is 5.37. The molecular weight excluding hydrogens is 318 g/mol. The Labute approximate surface area is 146 Å². The van der Waals surface area contributed by atoms with Crippen LogP contribution in [0.4, 0.5) is 17.5 Å². The van der Waals surface area contributed by atoms with Crippen molar-refractivity contribution in [3.8, 4) is 11.5 Å². The van der Waals surface area contributed by atoms with E-state index in [0.29, 0.717) is 24.1 Å². The Balaban J connectivity index is 1.73. The fourth-order valence-electron chi connectivity index (χ4n) is 2.24. The lowest BCUT2D eigenvalue weighted by molar-refractivity contribution is 0.405. The van der Waals surface area contributed by atoms with Crippen LogP contribution in [0.1, 0.15) is 5.69 Å². The van der Waals surface area contributed by atoms with Crippen LogP contribution in [0.3, 0.4) is 0 Å². The van der Waals surface area contributed by atoms with Gasteiger partial charge in [-0.15, -0.1) is 0 Å². The number of methoxy groups -OCH3 is 2. The third kappa shape index (κ3) is 4.35. The molecule has 0 spiro atoms. The number of ether oxygens (including phenoxy) is 2. The molecule has 128 valence electrons. The number of nitrogens with one attached hydrogen (secondary N) is 2. The van der Waals surface area contributed by atoms with E-state index >= 15 is 0 Å². The van der Waals surface area contributed by atoms with Gasteiger partial charge in [0.1, 0.15) is 17.3 Å². The molecule has 3 aromatic rings. The Kier molecular flexibility index (Phi) is 5.26. The van der Waals surface area contributed by atoms with Gasteiger partial charge in [0.2, 0.25) is 5.95 Å². The molecule has 0 atom stereocenters. The molecule has 3 rings (SSSR count). The van der Waals surface area contributed by atoms with Gasteiger partial charge in [0.15, 0.2) is 0 Å². The van der Waals surface area contributed by atoms with Crippen LogP contribution < -0.4 is 20.1 Å². The number of nitrogens with zero attached hydrogens (tertiary/aromatic N) is 3. The minimum atomic E-state index is 0.512. The first-order chi connectivity index (χ1) is 12.3. The Morgan fingerprint density at radius 2 is 1.88 bits per heavy atom. The molecule has 0 aliphatic heterocycles. The molecule has 2 N–H and O–H groups in total. The Bertz CT molecular complexity index is 827. The Hall–Kier alpha value is -3.35. The number of pyridine rings is 1. The first-order valence-corrected chi connectivity index (χ1v) is 7.74. The fraction of sp³-hybridized carbons (Fsp3) is 0.167. The first-order valence-electron chi connectivity index (χ1n) is 7.74. The van der Waals surface area contributed by atoms with Crippen molar-refractivity contribution in [2.45, 2.75) is 6.54 Å². The highest BCUT2D eigenvalue weighted by atomic mass is 16.5. The molecule has 0 radical (unpaired) electrons. The molecule has 0 unspecified atom stereocenters. The van der Waals surface area contributed by atoms with Crippen LogP contribution in [0.15, 0.2) is 54.9 Å². The van der Waals surface area contributed by atoms with Gasteiger partial charge in [0, 0.05) is 18.5 Å². The zero-order chi connectivity index (χ0) is 17.5. The second-order valence-electron chi connectivity index (χ2n) is 5.13. The quantitative estimate of drug-likeness (QED) is 0.685. The van der Waals surface area contributed by atoms with E-state index in [1.165, 1.54) is 0 Å². The van der Waals surface area contributed by atoms with Crippen molar-refractivity contribution in [2.24, 2.45) is 0 Å². The molecule has 1 aromatic carbocycles. The summed E-state index contributed by atoms with van der Waals surface area (Å²) in [5.74, 6) is 2.58. The molecule has 0 fully saturated rings. The number of rotatable bonds is 7. The van der Waals surface area contributed by atoms with Gasteiger partial charge in [-0.05, 0) is 30.3 Å². The van der Waals surface area contributed by atoms with Gasteiger partial charge in [0.25, 0.3) is 0 Å². The minimum Gasteiger partial charge on any atom is -0.497 e. The molecule has 7 heteroatoms. The molecule has 7 nitrogen and oxygen atoms in total. The predicted molar refractivity (Wildman–Crippen MR) is 96.4 cm³/mol. The van der Waals surface area contributed by atoms with Gasteiger partial charge in [-0.1, -0.05) is 6.07 Å². The molecule has 0 saturated carbocycles. The smallest absolute Gasteiger partial charge is 0.224 e. The van der Waals surface area contributed by atoms with E-state index in [4.69, 9.17) is 9.47 Å². The number of benzene rings is 1. The van der Waals surface area contributed by atoms with E-state index < -0.39 is 0 Å². The monoisotopic (exact) mass is 337 g/mol. The zero-order valence-corrected chi connectivity index (χ0v) is 14.1. The second kappa shape index (κ2) is 7.96. The highest BCUT2D eigenvalue weighted by Gasteiger charge is 2.07. The van der Waals surface area contributed by atoms with Crippen LogP contribution in [0.2, 0.25) is 0 Å². The van der Waals surface area contributed by atoms with E-state index in [1.54, 1.807) is 32.7 Å². The van der Waals surface area contributed by atoms with Gasteiger partial charge >= 0.3 is 0 Å². The molecule has 2 aromatic heterocycles. The summed E-state index contributed by atoms with van der Waals surface area (Å²) < 4.78 is 10.6. The lowest BCUT2D eigenvalue weighted by Crippen LogP contribution is -2.06. The molecule has 2 heterocycles. The summed E-state index contributed by atoms with van der Waals surface area (Å²) in [6, 6.07) is 13.1. The summed E-state index contributed by atoms with van der Waals surface area (Å²) in [4.78, 5) is 12.9. The van der Waals surface area contributed by atoms with Crippen molar-refractivity contribution in [3.05, 3.63) is 60.6 Å². The summed E-state index contributed by atoms with van der Waals surface area (Å²) in [6.07, 6.45) is 3.44. The van der Waals surface area contributed by atoms with E-state index in [1.807, 2.05) is 36.4 Å². The van der Waals surface area contributed by atoms with Gasteiger partial charge in [-0.3, -0.25) is 4.98 Å². The third-order valence-corrected chi connectivity index (χ3v) is 3.48.